The Morgan fingerprint density at radius 3 is 2.43 bits per heavy atom. The molecule has 0 fully saturated rings. The second-order valence-corrected chi connectivity index (χ2v) is 6.01. The molecule has 0 aliphatic heterocycles. The number of benzene rings is 1. The molecule has 0 aromatic heterocycles. The van der Waals surface area contributed by atoms with Crippen molar-refractivity contribution in [1.29, 1.82) is 0 Å². The van der Waals surface area contributed by atoms with Crippen LogP contribution in [0.2, 0.25) is 5.02 Å². The molecule has 1 atom stereocenters. The molecule has 8 heteroatoms. The monoisotopic (exact) mass is 342 g/mol. The third-order valence-electron chi connectivity index (χ3n) is 3.06. The minimum atomic E-state index is -2.09. The quantitative estimate of drug-likeness (QED) is 0.625. The third-order valence-corrected chi connectivity index (χ3v) is 3.39. The van der Waals surface area contributed by atoms with E-state index in [1.54, 1.807) is 19.9 Å². The van der Waals surface area contributed by atoms with E-state index in [1.807, 2.05) is 0 Å². The van der Waals surface area contributed by atoms with Gasteiger partial charge in [-0.1, -0.05) is 25.4 Å². The summed E-state index contributed by atoms with van der Waals surface area (Å²) in [6.45, 7) is 4.04. The Kier molecular flexibility index (Phi) is 6.12. The molecular formula is C15H19ClN2O5. The Morgan fingerprint density at radius 1 is 1.30 bits per heavy atom. The largest absolute Gasteiger partial charge is 0.479 e. The fourth-order valence-corrected chi connectivity index (χ4v) is 1.69. The van der Waals surface area contributed by atoms with Gasteiger partial charge in [0.25, 0.3) is 5.91 Å². The van der Waals surface area contributed by atoms with E-state index in [2.05, 4.69) is 10.6 Å². The predicted octanol–water partition coefficient (Wildman–Crippen LogP) is 1.50. The van der Waals surface area contributed by atoms with E-state index in [0.717, 1.165) is 6.92 Å². The molecule has 1 aromatic carbocycles. The highest BCUT2D eigenvalue weighted by molar-refractivity contribution is 6.34. The lowest BCUT2D eigenvalue weighted by molar-refractivity contribution is -0.155. The predicted molar refractivity (Wildman–Crippen MR) is 85.5 cm³/mol. The van der Waals surface area contributed by atoms with Crippen molar-refractivity contribution in [3.8, 4) is 0 Å². The van der Waals surface area contributed by atoms with Crippen molar-refractivity contribution in [2.24, 2.45) is 5.92 Å². The standard InChI is InChI=1S/C15H19ClN2O5/c1-8(2)12(19)18-9-4-5-11(16)10(6-9)13(20)17-7-15(3,23)14(21)22/h4-6,8,23H,7H2,1-3H3,(H,17,20)(H,18,19)(H,21,22). The number of carbonyl (C=O) groups is 3. The van der Waals surface area contributed by atoms with E-state index in [0.29, 0.717) is 5.69 Å². The van der Waals surface area contributed by atoms with Crippen LogP contribution < -0.4 is 10.6 Å². The van der Waals surface area contributed by atoms with Crippen LogP contribution in [0.3, 0.4) is 0 Å². The van der Waals surface area contributed by atoms with Crippen LogP contribution in [0.15, 0.2) is 18.2 Å². The van der Waals surface area contributed by atoms with Gasteiger partial charge in [0.2, 0.25) is 5.91 Å². The third kappa shape index (κ3) is 5.22. The maximum atomic E-state index is 12.1. The first-order valence-electron chi connectivity index (χ1n) is 6.89. The van der Waals surface area contributed by atoms with Gasteiger partial charge in [0.15, 0.2) is 5.60 Å². The summed E-state index contributed by atoms with van der Waals surface area (Å²) in [7, 11) is 0. The number of aliphatic hydroxyl groups is 1. The molecule has 0 radical (unpaired) electrons. The van der Waals surface area contributed by atoms with Crippen LogP contribution in [0.25, 0.3) is 0 Å². The van der Waals surface area contributed by atoms with Crippen LogP contribution in [-0.4, -0.2) is 40.1 Å². The van der Waals surface area contributed by atoms with Gasteiger partial charge < -0.3 is 20.8 Å². The van der Waals surface area contributed by atoms with Crippen LogP contribution >= 0.6 is 11.6 Å². The molecule has 0 heterocycles. The van der Waals surface area contributed by atoms with Crippen LogP contribution in [-0.2, 0) is 9.59 Å². The van der Waals surface area contributed by atoms with Gasteiger partial charge in [-0.05, 0) is 25.1 Å². The zero-order valence-corrected chi connectivity index (χ0v) is 13.8. The number of carboxylic acids is 1. The average molecular weight is 343 g/mol. The molecule has 1 aromatic rings. The highest BCUT2D eigenvalue weighted by Gasteiger charge is 2.30. The number of nitrogens with one attached hydrogen (secondary N) is 2. The number of rotatable bonds is 6. The first-order valence-corrected chi connectivity index (χ1v) is 7.27. The number of hydrogen-bond donors (Lipinski definition) is 4. The zero-order valence-electron chi connectivity index (χ0n) is 13.0. The average Bonchev–Trinajstić information content (AvgIpc) is 2.46. The summed E-state index contributed by atoms with van der Waals surface area (Å²) in [5, 5.41) is 23.5. The molecule has 23 heavy (non-hydrogen) atoms. The van der Waals surface area contributed by atoms with E-state index in [1.165, 1.54) is 12.1 Å². The minimum Gasteiger partial charge on any atom is -0.479 e. The van der Waals surface area contributed by atoms with Crippen molar-refractivity contribution < 1.29 is 24.6 Å². The first-order chi connectivity index (χ1) is 10.5. The minimum absolute atomic E-state index is 0.0643. The van der Waals surface area contributed by atoms with Gasteiger partial charge in [-0.3, -0.25) is 9.59 Å². The Bertz CT molecular complexity index is 628. The van der Waals surface area contributed by atoms with Crippen LogP contribution in [0.4, 0.5) is 5.69 Å². The fraction of sp³-hybridized carbons (Fsp3) is 0.400. The van der Waals surface area contributed by atoms with Gasteiger partial charge in [-0.2, -0.15) is 0 Å². The van der Waals surface area contributed by atoms with Crippen molar-refractivity contribution in [3.63, 3.8) is 0 Å². The Labute approximate surface area is 138 Å². The van der Waals surface area contributed by atoms with E-state index in [9.17, 15) is 19.5 Å². The second-order valence-electron chi connectivity index (χ2n) is 5.60. The summed E-state index contributed by atoms with van der Waals surface area (Å²) in [5.74, 6) is -2.56. The molecule has 1 rings (SSSR count). The smallest absolute Gasteiger partial charge is 0.337 e. The number of hydrogen-bond acceptors (Lipinski definition) is 4. The summed E-state index contributed by atoms with van der Waals surface area (Å²) in [5.41, 5.74) is -1.64. The zero-order chi connectivity index (χ0) is 17.8. The van der Waals surface area contributed by atoms with Gasteiger partial charge in [-0.15, -0.1) is 0 Å². The van der Waals surface area contributed by atoms with Gasteiger partial charge in [0.1, 0.15) is 0 Å². The Balaban J connectivity index is 2.88. The molecule has 0 saturated carbocycles. The van der Waals surface area contributed by atoms with Crippen molar-refractivity contribution in [2.45, 2.75) is 26.4 Å². The summed E-state index contributed by atoms with van der Waals surface area (Å²) in [4.78, 5) is 34.6. The van der Waals surface area contributed by atoms with E-state index < -0.39 is 24.0 Å². The summed E-state index contributed by atoms with van der Waals surface area (Å²) >= 11 is 5.95. The molecule has 4 N–H and O–H groups in total. The van der Waals surface area contributed by atoms with Gasteiger partial charge in [0.05, 0.1) is 17.1 Å². The number of amides is 2. The number of halogens is 1. The van der Waals surface area contributed by atoms with Crippen LogP contribution in [0, 0.1) is 5.92 Å². The van der Waals surface area contributed by atoms with Crippen LogP contribution in [0.5, 0.6) is 0 Å². The fourth-order valence-electron chi connectivity index (χ4n) is 1.49. The first kappa shape index (κ1) is 18.9. The SMILES string of the molecule is CC(C)C(=O)Nc1ccc(Cl)c(C(=O)NCC(C)(O)C(=O)O)c1. The number of carboxylic acid groups (broad SMARTS) is 1. The molecule has 0 aliphatic carbocycles. The second kappa shape index (κ2) is 7.43. The lowest BCUT2D eigenvalue weighted by atomic mass is 10.1. The lowest BCUT2D eigenvalue weighted by Crippen LogP contribution is -2.46. The van der Waals surface area contributed by atoms with Crippen molar-refractivity contribution in [2.75, 3.05) is 11.9 Å². The molecule has 0 spiro atoms. The lowest BCUT2D eigenvalue weighted by Gasteiger charge is -2.18. The van der Waals surface area contributed by atoms with E-state index in [-0.39, 0.29) is 22.4 Å². The normalized spacial score (nSPS) is 13.3. The Hall–Kier alpha value is -2.12. The summed E-state index contributed by atoms with van der Waals surface area (Å²) in [6, 6.07) is 4.38. The topological polar surface area (TPSA) is 116 Å². The highest BCUT2D eigenvalue weighted by Crippen LogP contribution is 2.21. The molecule has 1 unspecified atom stereocenters. The molecule has 7 nitrogen and oxygen atoms in total. The maximum absolute atomic E-state index is 12.1. The summed E-state index contributed by atoms with van der Waals surface area (Å²) in [6.07, 6.45) is 0. The molecule has 126 valence electrons. The van der Waals surface area contributed by atoms with Crippen molar-refractivity contribution in [1.82, 2.24) is 5.32 Å². The van der Waals surface area contributed by atoms with Gasteiger partial charge in [-0.25, -0.2) is 4.79 Å². The van der Waals surface area contributed by atoms with Crippen molar-refractivity contribution in [3.05, 3.63) is 28.8 Å². The number of anilines is 1. The number of carbonyl (C=O) groups excluding carboxylic acids is 2. The molecule has 0 saturated heterocycles. The molecular weight excluding hydrogens is 324 g/mol. The van der Waals surface area contributed by atoms with Crippen molar-refractivity contribution >= 4 is 35.1 Å². The Morgan fingerprint density at radius 2 is 1.91 bits per heavy atom. The van der Waals surface area contributed by atoms with Crippen LogP contribution in [0.1, 0.15) is 31.1 Å². The summed E-state index contributed by atoms with van der Waals surface area (Å²) < 4.78 is 0. The molecule has 0 aliphatic rings. The van der Waals surface area contributed by atoms with E-state index in [4.69, 9.17) is 16.7 Å². The van der Waals surface area contributed by atoms with Gasteiger partial charge >= 0.3 is 5.97 Å². The van der Waals surface area contributed by atoms with E-state index >= 15 is 0 Å². The highest BCUT2D eigenvalue weighted by atomic mass is 35.5. The number of aliphatic carboxylic acids is 1. The molecule has 2 amide bonds. The van der Waals surface area contributed by atoms with Gasteiger partial charge in [0, 0.05) is 11.6 Å². The molecule has 0 bridgehead atoms. The maximum Gasteiger partial charge on any atom is 0.337 e.